The molecule has 1 aliphatic heterocycles. The molecule has 0 amide bonds. The zero-order valence-electron chi connectivity index (χ0n) is 9.85. The summed E-state index contributed by atoms with van der Waals surface area (Å²) in [7, 11) is 0. The standard InChI is InChI=1S/C8H11NO2.C4H9NO/c9-4-3-6-1-2-7(10)8(11)5-6;1-3-6-4-2-5-1/h1-2,5,10-11H,3-4,9H2;5H,1-4H2. The van der Waals surface area contributed by atoms with E-state index in [-0.39, 0.29) is 11.5 Å². The number of aromatic hydroxyl groups is 2. The number of phenolic OH excluding ortho intramolecular Hbond substituents is 2. The van der Waals surface area contributed by atoms with Crippen LogP contribution in [0.3, 0.4) is 0 Å². The number of ether oxygens (including phenoxy) is 1. The SMILES string of the molecule is C1COCCN1.NCCc1ccc(O)c(O)c1. The van der Waals surface area contributed by atoms with Gasteiger partial charge in [0.2, 0.25) is 0 Å². The number of hydrogen-bond acceptors (Lipinski definition) is 5. The smallest absolute Gasteiger partial charge is 0.157 e. The summed E-state index contributed by atoms with van der Waals surface area (Å²) in [5.41, 5.74) is 6.24. The molecule has 0 radical (unpaired) electrons. The van der Waals surface area contributed by atoms with E-state index in [4.69, 9.17) is 20.7 Å². The molecule has 0 aromatic heterocycles. The van der Waals surface area contributed by atoms with Crippen LogP contribution >= 0.6 is 0 Å². The van der Waals surface area contributed by atoms with Crippen molar-refractivity contribution < 1.29 is 14.9 Å². The van der Waals surface area contributed by atoms with Crippen LogP contribution in [0, 0.1) is 0 Å². The minimum atomic E-state index is -0.0919. The Balaban J connectivity index is 0.000000202. The molecule has 1 heterocycles. The van der Waals surface area contributed by atoms with E-state index >= 15 is 0 Å². The first-order chi connectivity index (χ1) is 8.24. The molecule has 5 heteroatoms. The molecule has 1 aliphatic rings. The predicted octanol–water partition coefficient (Wildman–Crippen LogP) is 0.205. The minimum Gasteiger partial charge on any atom is -0.504 e. The topological polar surface area (TPSA) is 87.7 Å². The summed E-state index contributed by atoms with van der Waals surface area (Å²) < 4.78 is 5.01. The van der Waals surface area contributed by atoms with E-state index in [1.54, 1.807) is 6.07 Å². The summed E-state index contributed by atoms with van der Waals surface area (Å²) in [5, 5.41) is 21.1. The van der Waals surface area contributed by atoms with Crippen molar-refractivity contribution in [2.75, 3.05) is 32.8 Å². The van der Waals surface area contributed by atoms with Crippen LogP contribution in [0.5, 0.6) is 11.5 Å². The van der Waals surface area contributed by atoms with Crippen LogP contribution in [-0.2, 0) is 11.2 Å². The molecule has 0 atom stereocenters. The highest BCUT2D eigenvalue weighted by Crippen LogP contribution is 2.24. The summed E-state index contributed by atoms with van der Waals surface area (Å²) in [6, 6.07) is 4.71. The van der Waals surface area contributed by atoms with Crippen LogP contribution in [0.4, 0.5) is 0 Å². The summed E-state index contributed by atoms with van der Waals surface area (Å²) in [5.74, 6) is -0.179. The molecule has 0 bridgehead atoms. The van der Waals surface area contributed by atoms with E-state index < -0.39 is 0 Å². The Morgan fingerprint density at radius 3 is 2.29 bits per heavy atom. The first kappa shape index (κ1) is 13.8. The van der Waals surface area contributed by atoms with E-state index in [1.807, 2.05) is 0 Å². The summed E-state index contributed by atoms with van der Waals surface area (Å²) >= 11 is 0. The molecule has 0 unspecified atom stereocenters. The Kier molecular flexibility index (Phi) is 6.39. The van der Waals surface area contributed by atoms with Gasteiger partial charge in [-0.2, -0.15) is 0 Å². The van der Waals surface area contributed by atoms with Gasteiger partial charge < -0.3 is 26.0 Å². The van der Waals surface area contributed by atoms with E-state index in [0.717, 1.165) is 31.9 Å². The Morgan fingerprint density at radius 1 is 1.18 bits per heavy atom. The number of phenols is 2. The van der Waals surface area contributed by atoms with Crippen molar-refractivity contribution in [2.45, 2.75) is 6.42 Å². The zero-order chi connectivity index (χ0) is 12.5. The molecule has 96 valence electrons. The number of nitrogens with one attached hydrogen (secondary N) is 1. The van der Waals surface area contributed by atoms with Crippen LogP contribution in [0.15, 0.2) is 18.2 Å². The Labute approximate surface area is 101 Å². The third-order valence-electron chi connectivity index (χ3n) is 2.32. The van der Waals surface area contributed by atoms with Gasteiger partial charge in [0.15, 0.2) is 11.5 Å². The molecule has 1 saturated heterocycles. The summed E-state index contributed by atoms with van der Waals surface area (Å²) in [6.07, 6.45) is 0.716. The van der Waals surface area contributed by atoms with Gasteiger partial charge >= 0.3 is 0 Å². The fourth-order valence-corrected chi connectivity index (χ4v) is 1.41. The number of hydrogen-bond donors (Lipinski definition) is 4. The van der Waals surface area contributed by atoms with Crippen molar-refractivity contribution in [1.29, 1.82) is 0 Å². The molecule has 17 heavy (non-hydrogen) atoms. The van der Waals surface area contributed by atoms with E-state index in [2.05, 4.69) is 5.32 Å². The lowest BCUT2D eigenvalue weighted by Crippen LogP contribution is -2.30. The molecular formula is C12H20N2O3. The van der Waals surface area contributed by atoms with Crippen molar-refractivity contribution in [3.05, 3.63) is 23.8 Å². The molecule has 0 saturated carbocycles. The first-order valence-corrected chi connectivity index (χ1v) is 5.73. The van der Waals surface area contributed by atoms with Gasteiger partial charge in [-0.3, -0.25) is 0 Å². The van der Waals surface area contributed by atoms with Crippen molar-refractivity contribution in [3.8, 4) is 11.5 Å². The molecule has 1 aromatic rings. The number of rotatable bonds is 2. The van der Waals surface area contributed by atoms with Crippen LogP contribution in [0.25, 0.3) is 0 Å². The van der Waals surface area contributed by atoms with Crippen LogP contribution in [0.2, 0.25) is 0 Å². The maximum absolute atomic E-state index is 9.04. The van der Waals surface area contributed by atoms with Gasteiger partial charge in [-0.05, 0) is 30.7 Å². The molecule has 0 spiro atoms. The third kappa shape index (κ3) is 5.53. The van der Waals surface area contributed by atoms with Gasteiger partial charge in [-0.15, -0.1) is 0 Å². The average Bonchev–Trinajstić information content (AvgIpc) is 2.37. The normalized spacial score (nSPS) is 14.9. The maximum Gasteiger partial charge on any atom is 0.157 e. The van der Waals surface area contributed by atoms with Crippen molar-refractivity contribution in [2.24, 2.45) is 5.73 Å². The summed E-state index contributed by atoms with van der Waals surface area (Å²) in [4.78, 5) is 0. The quantitative estimate of drug-likeness (QED) is 0.555. The van der Waals surface area contributed by atoms with Crippen LogP contribution in [0.1, 0.15) is 5.56 Å². The molecule has 0 aliphatic carbocycles. The highest BCUT2D eigenvalue weighted by molar-refractivity contribution is 5.40. The number of nitrogens with two attached hydrogens (primary N) is 1. The lowest BCUT2D eigenvalue weighted by molar-refractivity contribution is 0.109. The van der Waals surface area contributed by atoms with Crippen LogP contribution < -0.4 is 11.1 Å². The second-order valence-corrected chi connectivity index (χ2v) is 3.72. The van der Waals surface area contributed by atoms with E-state index in [0.29, 0.717) is 13.0 Å². The van der Waals surface area contributed by atoms with E-state index in [9.17, 15) is 0 Å². The molecule has 5 nitrogen and oxygen atoms in total. The number of morpholine rings is 1. The fourth-order valence-electron chi connectivity index (χ4n) is 1.41. The van der Waals surface area contributed by atoms with Gasteiger partial charge in [-0.1, -0.05) is 6.07 Å². The lowest BCUT2D eigenvalue weighted by atomic mass is 10.1. The van der Waals surface area contributed by atoms with Gasteiger partial charge in [-0.25, -0.2) is 0 Å². The van der Waals surface area contributed by atoms with Crippen molar-refractivity contribution in [3.63, 3.8) is 0 Å². The van der Waals surface area contributed by atoms with Gasteiger partial charge in [0.25, 0.3) is 0 Å². The van der Waals surface area contributed by atoms with Crippen molar-refractivity contribution >= 4 is 0 Å². The molecule has 5 N–H and O–H groups in total. The molecule has 2 rings (SSSR count). The minimum absolute atomic E-state index is 0.0871. The summed E-state index contributed by atoms with van der Waals surface area (Å²) in [6.45, 7) is 4.38. The van der Waals surface area contributed by atoms with Crippen molar-refractivity contribution in [1.82, 2.24) is 5.32 Å². The van der Waals surface area contributed by atoms with Gasteiger partial charge in [0, 0.05) is 13.1 Å². The van der Waals surface area contributed by atoms with Gasteiger partial charge in [0.05, 0.1) is 13.2 Å². The highest BCUT2D eigenvalue weighted by Gasteiger charge is 1.98. The second kappa shape index (κ2) is 7.89. The van der Waals surface area contributed by atoms with Crippen LogP contribution in [-0.4, -0.2) is 43.1 Å². The largest absolute Gasteiger partial charge is 0.504 e. The predicted molar refractivity (Wildman–Crippen MR) is 66.2 cm³/mol. The fraction of sp³-hybridized carbons (Fsp3) is 0.500. The monoisotopic (exact) mass is 240 g/mol. The second-order valence-electron chi connectivity index (χ2n) is 3.72. The highest BCUT2D eigenvalue weighted by atomic mass is 16.5. The Hall–Kier alpha value is -1.30. The molecule has 1 fully saturated rings. The Bertz CT molecular complexity index is 316. The number of benzene rings is 1. The molecular weight excluding hydrogens is 220 g/mol. The van der Waals surface area contributed by atoms with Gasteiger partial charge in [0.1, 0.15) is 0 Å². The maximum atomic E-state index is 9.04. The first-order valence-electron chi connectivity index (χ1n) is 5.73. The Morgan fingerprint density at radius 2 is 1.88 bits per heavy atom. The third-order valence-corrected chi connectivity index (χ3v) is 2.32. The zero-order valence-corrected chi connectivity index (χ0v) is 9.85. The van der Waals surface area contributed by atoms with E-state index in [1.165, 1.54) is 12.1 Å². The lowest BCUT2D eigenvalue weighted by Gasteiger charge is -2.10. The molecule has 1 aromatic carbocycles. The average molecular weight is 240 g/mol.